The van der Waals surface area contributed by atoms with Gasteiger partial charge in [-0.1, -0.05) is 31.2 Å². The molecule has 2 amide bonds. The summed E-state index contributed by atoms with van der Waals surface area (Å²) in [6.07, 6.45) is 0.131. The van der Waals surface area contributed by atoms with Crippen LogP contribution < -0.4 is 10.2 Å². The maximum absolute atomic E-state index is 12.7. The van der Waals surface area contributed by atoms with Crippen LogP contribution in [0.4, 0.5) is 11.4 Å². The van der Waals surface area contributed by atoms with E-state index < -0.39 is 5.97 Å². The SMILES string of the molecule is COC(=O)c1ccccc1NC(=O)CCC(=O)N1C[C@@H](C)Sc2ccccc21. The van der Waals surface area contributed by atoms with Gasteiger partial charge in [0, 0.05) is 29.5 Å². The molecule has 1 N–H and O–H groups in total. The Bertz CT molecular complexity index is 899. The summed E-state index contributed by atoms with van der Waals surface area (Å²) in [5.41, 5.74) is 1.55. The number of rotatable bonds is 5. The van der Waals surface area contributed by atoms with E-state index in [4.69, 9.17) is 4.74 Å². The minimum Gasteiger partial charge on any atom is -0.465 e. The van der Waals surface area contributed by atoms with Crippen molar-refractivity contribution in [1.29, 1.82) is 0 Å². The van der Waals surface area contributed by atoms with Gasteiger partial charge in [-0.05, 0) is 24.3 Å². The standard InChI is InChI=1S/C21H22N2O4S/c1-14-13-23(17-9-5-6-10-18(17)28-14)20(25)12-11-19(24)22-16-8-4-3-7-15(16)21(26)27-2/h3-10,14H,11-13H2,1-2H3,(H,22,24)/t14-/m1/s1. The van der Waals surface area contributed by atoms with Crippen LogP contribution in [0.3, 0.4) is 0 Å². The summed E-state index contributed by atoms with van der Waals surface area (Å²) < 4.78 is 4.73. The molecule has 0 saturated heterocycles. The van der Waals surface area contributed by atoms with Gasteiger partial charge in [-0.15, -0.1) is 11.8 Å². The fraction of sp³-hybridized carbons (Fsp3) is 0.286. The molecule has 0 saturated carbocycles. The smallest absolute Gasteiger partial charge is 0.339 e. The number of carbonyl (C=O) groups is 3. The van der Waals surface area contributed by atoms with Crippen LogP contribution in [-0.4, -0.2) is 36.7 Å². The fourth-order valence-electron chi connectivity index (χ4n) is 3.07. The minimum absolute atomic E-state index is 0.0362. The Kier molecular flexibility index (Phi) is 6.36. The number of carbonyl (C=O) groups excluding carboxylic acids is 3. The number of esters is 1. The highest BCUT2D eigenvalue weighted by atomic mass is 32.2. The number of nitrogens with zero attached hydrogens (tertiary/aromatic N) is 1. The average Bonchev–Trinajstić information content (AvgIpc) is 2.71. The number of hydrogen-bond donors (Lipinski definition) is 1. The van der Waals surface area contributed by atoms with Crippen molar-refractivity contribution in [1.82, 2.24) is 0 Å². The van der Waals surface area contributed by atoms with Gasteiger partial charge < -0.3 is 15.0 Å². The highest BCUT2D eigenvalue weighted by Gasteiger charge is 2.26. The van der Waals surface area contributed by atoms with E-state index in [0.29, 0.717) is 17.5 Å². The molecule has 0 aliphatic carbocycles. The lowest BCUT2D eigenvalue weighted by Gasteiger charge is -2.32. The molecule has 0 spiro atoms. The maximum atomic E-state index is 12.7. The Balaban J connectivity index is 1.63. The third kappa shape index (κ3) is 4.54. The van der Waals surface area contributed by atoms with Crippen molar-refractivity contribution in [3.63, 3.8) is 0 Å². The third-order valence-electron chi connectivity index (χ3n) is 4.40. The second kappa shape index (κ2) is 8.93. The van der Waals surface area contributed by atoms with Gasteiger partial charge in [0.2, 0.25) is 11.8 Å². The van der Waals surface area contributed by atoms with E-state index in [2.05, 4.69) is 12.2 Å². The quantitative estimate of drug-likeness (QED) is 0.777. The molecule has 6 nitrogen and oxygen atoms in total. The molecule has 1 aliphatic rings. The monoisotopic (exact) mass is 398 g/mol. The molecule has 1 aliphatic heterocycles. The largest absolute Gasteiger partial charge is 0.465 e. The summed E-state index contributed by atoms with van der Waals surface area (Å²) in [5.74, 6) is -0.934. The molecule has 3 rings (SSSR count). The van der Waals surface area contributed by atoms with E-state index >= 15 is 0 Å². The van der Waals surface area contributed by atoms with E-state index in [1.165, 1.54) is 7.11 Å². The molecule has 7 heteroatoms. The number of amides is 2. The molecule has 2 aromatic carbocycles. The predicted molar refractivity (Wildman–Crippen MR) is 110 cm³/mol. The molecule has 0 bridgehead atoms. The number of methoxy groups -OCH3 is 1. The van der Waals surface area contributed by atoms with Crippen LogP contribution in [0.2, 0.25) is 0 Å². The molecular formula is C21H22N2O4S. The van der Waals surface area contributed by atoms with Crippen LogP contribution in [0.5, 0.6) is 0 Å². The second-order valence-corrected chi connectivity index (χ2v) is 7.97. The van der Waals surface area contributed by atoms with Crippen LogP contribution >= 0.6 is 11.8 Å². The van der Waals surface area contributed by atoms with Crippen LogP contribution in [0.1, 0.15) is 30.1 Å². The summed E-state index contributed by atoms with van der Waals surface area (Å²) in [7, 11) is 1.29. The number of fused-ring (bicyclic) bond motifs is 1. The summed E-state index contributed by atoms with van der Waals surface area (Å²) in [6, 6.07) is 14.4. The van der Waals surface area contributed by atoms with Crippen LogP contribution in [0.15, 0.2) is 53.4 Å². The first-order valence-electron chi connectivity index (χ1n) is 9.03. The van der Waals surface area contributed by atoms with Crippen molar-refractivity contribution < 1.29 is 19.1 Å². The molecule has 28 heavy (non-hydrogen) atoms. The van der Waals surface area contributed by atoms with Gasteiger partial charge in [0.15, 0.2) is 0 Å². The van der Waals surface area contributed by atoms with Crippen molar-refractivity contribution in [2.24, 2.45) is 0 Å². The van der Waals surface area contributed by atoms with Gasteiger partial charge in [-0.2, -0.15) is 0 Å². The van der Waals surface area contributed by atoms with Crippen LogP contribution in [-0.2, 0) is 14.3 Å². The zero-order valence-electron chi connectivity index (χ0n) is 15.8. The van der Waals surface area contributed by atoms with E-state index in [-0.39, 0.29) is 30.2 Å². The molecular weight excluding hydrogens is 376 g/mol. The number of para-hydroxylation sites is 2. The first-order valence-corrected chi connectivity index (χ1v) is 9.91. The molecule has 2 aromatic rings. The highest BCUT2D eigenvalue weighted by Crippen LogP contribution is 2.38. The van der Waals surface area contributed by atoms with Crippen LogP contribution in [0, 0.1) is 0 Å². The lowest BCUT2D eigenvalue weighted by Crippen LogP contribution is -2.38. The average molecular weight is 398 g/mol. The van der Waals surface area contributed by atoms with Gasteiger partial charge in [-0.25, -0.2) is 4.79 Å². The summed E-state index contributed by atoms with van der Waals surface area (Å²) >= 11 is 1.75. The zero-order valence-corrected chi connectivity index (χ0v) is 16.6. The topological polar surface area (TPSA) is 75.7 Å². The number of hydrogen-bond acceptors (Lipinski definition) is 5. The summed E-state index contributed by atoms with van der Waals surface area (Å²) in [4.78, 5) is 39.7. The van der Waals surface area contributed by atoms with Crippen molar-refractivity contribution >= 4 is 40.9 Å². The summed E-state index contributed by atoms with van der Waals surface area (Å²) in [6.45, 7) is 2.70. The van der Waals surface area contributed by atoms with Crippen molar-refractivity contribution in [3.8, 4) is 0 Å². The Labute approximate surface area is 168 Å². The van der Waals surface area contributed by atoms with E-state index in [9.17, 15) is 14.4 Å². The Morgan fingerprint density at radius 3 is 2.61 bits per heavy atom. The van der Waals surface area contributed by atoms with Crippen molar-refractivity contribution in [2.45, 2.75) is 29.9 Å². The van der Waals surface area contributed by atoms with Crippen molar-refractivity contribution in [2.75, 3.05) is 23.9 Å². The normalized spacial score (nSPS) is 15.5. The lowest BCUT2D eigenvalue weighted by molar-refractivity contribution is -0.122. The molecule has 0 radical (unpaired) electrons. The first kappa shape index (κ1) is 19.9. The molecule has 0 unspecified atom stereocenters. The van der Waals surface area contributed by atoms with E-state index in [0.717, 1.165) is 10.6 Å². The molecule has 0 aromatic heterocycles. The highest BCUT2D eigenvalue weighted by molar-refractivity contribution is 8.00. The first-order chi connectivity index (χ1) is 13.5. The van der Waals surface area contributed by atoms with E-state index in [1.807, 2.05) is 24.3 Å². The van der Waals surface area contributed by atoms with Gasteiger partial charge in [-0.3, -0.25) is 9.59 Å². The number of benzene rings is 2. The molecule has 1 atom stereocenters. The molecule has 0 fully saturated rings. The second-order valence-electron chi connectivity index (χ2n) is 6.49. The molecule has 146 valence electrons. The van der Waals surface area contributed by atoms with Gasteiger partial charge >= 0.3 is 5.97 Å². The van der Waals surface area contributed by atoms with Gasteiger partial charge in [0.05, 0.1) is 24.0 Å². The Morgan fingerprint density at radius 1 is 1.11 bits per heavy atom. The van der Waals surface area contributed by atoms with Gasteiger partial charge in [0.25, 0.3) is 0 Å². The molecule has 1 heterocycles. The minimum atomic E-state index is -0.525. The summed E-state index contributed by atoms with van der Waals surface area (Å²) in [5, 5.41) is 2.99. The number of ether oxygens (including phenoxy) is 1. The zero-order chi connectivity index (χ0) is 20.1. The lowest BCUT2D eigenvalue weighted by atomic mass is 10.1. The van der Waals surface area contributed by atoms with E-state index in [1.54, 1.807) is 40.9 Å². The van der Waals surface area contributed by atoms with Crippen molar-refractivity contribution in [3.05, 3.63) is 54.1 Å². The third-order valence-corrected chi connectivity index (χ3v) is 5.55. The van der Waals surface area contributed by atoms with Crippen LogP contribution in [0.25, 0.3) is 0 Å². The Morgan fingerprint density at radius 2 is 1.82 bits per heavy atom. The number of anilines is 2. The fourth-order valence-corrected chi connectivity index (χ4v) is 4.19. The van der Waals surface area contributed by atoms with Gasteiger partial charge in [0.1, 0.15) is 0 Å². The Hall–Kier alpha value is -2.80. The number of thioether (sulfide) groups is 1. The number of nitrogens with one attached hydrogen (secondary N) is 1. The maximum Gasteiger partial charge on any atom is 0.339 e. The predicted octanol–water partition coefficient (Wildman–Crippen LogP) is 3.72.